The molecular formula is C12H32O4Ti. The van der Waals surface area contributed by atoms with Crippen LogP contribution in [0, 0.1) is 11.8 Å². The molecule has 6 N–H and O–H groups in total. The fourth-order valence-electron chi connectivity index (χ4n) is 0.999. The monoisotopic (exact) mass is 288 g/mol. The quantitative estimate of drug-likeness (QED) is 0.716. The molecule has 0 rings (SSSR count). The van der Waals surface area contributed by atoms with Crippen LogP contribution < -0.4 is 0 Å². The zero-order valence-electron chi connectivity index (χ0n) is 11.8. The molecule has 0 aromatic heterocycles. The average molecular weight is 288 g/mol. The molecule has 17 heavy (non-hydrogen) atoms. The topological polar surface area (TPSA) is 103 Å². The summed E-state index contributed by atoms with van der Waals surface area (Å²) in [6, 6.07) is 0. The molecule has 0 unspecified atom stereocenters. The molecule has 0 bridgehead atoms. The first-order chi connectivity index (χ1) is 6.54. The standard InChI is InChI=1S/2C6H14O.2H2O.Ti/c2*1-6(2)4-3-5-7;;;/h2*6-7H,3-5H2,1-2H3;2*1H2;. The molecule has 4 nitrogen and oxygen atoms in total. The summed E-state index contributed by atoms with van der Waals surface area (Å²) in [6.07, 6.45) is 4.21. The zero-order valence-corrected chi connectivity index (χ0v) is 13.4. The van der Waals surface area contributed by atoms with Gasteiger partial charge in [0, 0.05) is 34.9 Å². The molecule has 0 aromatic rings. The molecule has 0 aliphatic carbocycles. The minimum absolute atomic E-state index is 0. The Bertz CT molecular complexity index is 88.5. The van der Waals surface area contributed by atoms with Crippen LogP contribution >= 0.6 is 0 Å². The molecule has 0 saturated heterocycles. The van der Waals surface area contributed by atoms with Crippen LogP contribution in [0.15, 0.2) is 0 Å². The zero-order chi connectivity index (χ0) is 11.4. The maximum absolute atomic E-state index is 8.32. The van der Waals surface area contributed by atoms with E-state index in [1.54, 1.807) is 0 Å². The van der Waals surface area contributed by atoms with E-state index in [4.69, 9.17) is 10.2 Å². The van der Waals surface area contributed by atoms with Crippen LogP contribution in [0.3, 0.4) is 0 Å². The van der Waals surface area contributed by atoms with Crippen molar-refractivity contribution >= 4 is 0 Å². The van der Waals surface area contributed by atoms with Crippen LogP contribution in [0.2, 0.25) is 0 Å². The Morgan fingerprint density at radius 3 is 1.00 bits per heavy atom. The van der Waals surface area contributed by atoms with E-state index in [1.165, 1.54) is 0 Å². The second-order valence-electron chi connectivity index (χ2n) is 4.52. The van der Waals surface area contributed by atoms with Gasteiger partial charge >= 0.3 is 0 Å². The summed E-state index contributed by atoms with van der Waals surface area (Å²) in [7, 11) is 0. The Labute approximate surface area is 121 Å². The fraction of sp³-hybridized carbons (Fsp3) is 1.00. The van der Waals surface area contributed by atoms with Gasteiger partial charge < -0.3 is 21.2 Å². The summed E-state index contributed by atoms with van der Waals surface area (Å²) >= 11 is 0. The van der Waals surface area contributed by atoms with Gasteiger partial charge in [-0.25, -0.2) is 0 Å². The van der Waals surface area contributed by atoms with E-state index in [-0.39, 0.29) is 32.7 Å². The minimum Gasteiger partial charge on any atom is -0.412 e. The molecule has 0 heterocycles. The normalized spacial score (nSPS) is 8.47. The van der Waals surface area contributed by atoms with Gasteiger partial charge in [-0.2, -0.15) is 0 Å². The Hall–Kier alpha value is 0.554. The van der Waals surface area contributed by atoms with Crippen molar-refractivity contribution in [3.05, 3.63) is 0 Å². The second kappa shape index (κ2) is 25.4. The van der Waals surface area contributed by atoms with Crippen molar-refractivity contribution in [1.82, 2.24) is 0 Å². The fourth-order valence-corrected chi connectivity index (χ4v) is 0.999. The number of hydrogen-bond acceptors (Lipinski definition) is 2. The van der Waals surface area contributed by atoms with Gasteiger partial charge in [-0.15, -0.1) is 0 Å². The Balaban J connectivity index is -0.0000000480. The molecule has 0 aliphatic heterocycles. The number of aliphatic hydroxyl groups is 2. The van der Waals surface area contributed by atoms with E-state index in [0.717, 1.165) is 37.5 Å². The van der Waals surface area contributed by atoms with Crippen molar-refractivity contribution in [3.8, 4) is 0 Å². The molecule has 0 amide bonds. The van der Waals surface area contributed by atoms with Gasteiger partial charge in [0.05, 0.1) is 0 Å². The first-order valence-electron chi connectivity index (χ1n) is 5.76. The maximum Gasteiger partial charge on any atom is 0.0431 e. The van der Waals surface area contributed by atoms with Gasteiger partial charge in [-0.1, -0.05) is 27.7 Å². The predicted molar refractivity (Wildman–Crippen MR) is 69.5 cm³/mol. The molecule has 5 heteroatoms. The number of hydrogen-bond donors (Lipinski definition) is 2. The summed E-state index contributed by atoms with van der Waals surface area (Å²) in [5.41, 5.74) is 0. The maximum atomic E-state index is 8.32. The van der Waals surface area contributed by atoms with Gasteiger partial charge in [0.15, 0.2) is 0 Å². The Morgan fingerprint density at radius 1 is 0.706 bits per heavy atom. The van der Waals surface area contributed by atoms with Gasteiger partial charge in [0.25, 0.3) is 0 Å². The Morgan fingerprint density at radius 2 is 0.941 bits per heavy atom. The third-order valence-electron chi connectivity index (χ3n) is 1.88. The van der Waals surface area contributed by atoms with E-state index in [9.17, 15) is 0 Å². The van der Waals surface area contributed by atoms with E-state index >= 15 is 0 Å². The van der Waals surface area contributed by atoms with E-state index < -0.39 is 0 Å². The summed E-state index contributed by atoms with van der Waals surface area (Å²) in [5.74, 6) is 1.49. The largest absolute Gasteiger partial charge is 0.412 e. The SMILES string of the molecule is CC(C)CCCO.CC(C)CCCO.O.O.[Ti]. The summed E-state index contributed by atoms with van der Waals surface area (Å²) in [6.45, 7) is 9.34. The van der Waals surface area contributed by atoms with E-state index in [2.05, 4.69) is 27.7 Å². The molecule has 0 aliphatic rings. The molecule has 0 radical (unpaired) electrons. The number of aliphatic hydroxyl groups excluding tert-OH is 2. The van der Waals surface area contributed by atoms with Crippen molar-refractivity contribution < 1.29 is 42.9 Å². The smallest absolute Gasteiger partial charge is 0.0431 e. The summed E-state index contributed by atoms with van der Waals surface area (Å²) in [4.78, 5) is 0. The van der Waals surface area contributed by atoms with Gasteiger partial charge in [0.1, 0.15) is 0 Å². The summed E-state index contributed by atoms with van der Waals surface area (Å²) in [5, 5.41) is 16.6. The van der Waals surface area contributed by atoms with Gasteiger partial charge in [-0.05, 0) is 37.5 Å². The number of rotatable bonds is 6. The third-order valence-corrected chi connectivity index (χ3v) is 1.88. The van der Waals surface area contributed by atoms with Crippen LogP contribution in [0.5, 0.6) is 0 Å². The Kier molecular flexibility index (Phi) is 45.6. The van der Waals surface area contributed by atoms with Gasteiger partial charge in [-0.3, -0.25) is 0 Å². The molecule has 0 fully saturated rings. The predicted octanol–water partition coefficient (Wildman–Crippen LogP) is 1.18. The third kappa shape index (κ3) is 47.9. The first-order valence-corrected chi connectivity index (χ1v) is 5.76. The van der Waals surface area contributed by atoms with Crippen LogP contribution in [-0.4, -0.2) is 34.4 Å². The molecule has 0 atom stereocenters. The van der Waals surface area contributed by atoms with Crippen molar-refractivity contribution in [2.75, 3.05) is 13.2 Å². The van der Waals surface area contributed by atoms with Gasteiger partial charge in [0.2, 0.25) is 0 Å². The molecular weight excluding hydrogens is 256 g/mol. The molecule has 0 spiro atoms. The van der Waals surface area contributed by atoms with Crippen LogP contribution in [0.25, 0.3) is 0 Å². The van der Waals surface area contributed by atoms with Crippen molar-refractivity contribution in [2.24, 2.45) is 11.8 Å². The van der Waals surface area contributed by atoms with Crippen molar-refractivity contribution in [1.29, 1.82) is 0 Å². The first kappa shape index (κ1) is 30.5. The second-order valence-corrected chi connectivity index (χ2v) is 4.52. The van der Waals surface area contributed by atoms with E-state index in [1.807, 2.05) is 0 Å². The van der Waals surface area contributed by atoms with E-state index in [0.29, 0.717) is 13.2 Å². The van der Waals surface area contributed by atoms with Crippen LogP contribution in [0.1, 0.15) is 53.4 Å². The molecule has 0 saturated carbocycles. The minimum atomic E-state index is 0. The molecule has 0 aromatic carbocycles. The van der Waals surface area contributed by atoms with Crippen molar-refractivity contribution in [3.63, 3.8) is 0 Å². The van der Waals surface area contributed by atoms with Crippen molar-refractivity contribution in [2.45, 2.75) is 53.4 Å². The average Bonchev–Trinajstić information content (AvgIpc) is 2.12. The van der Waals surface area contributed by atoms with Crippen LogP contribution in [-0.2, 0) is 21.7 Å². The summed E-state index contributed by atoms with van der Waals surface area (Å²) < 4.78 is 0. The van der Waals surface area contributed by atoms with Crippen LogP contribution in [0.4, 0.5) is 0 Å². The molecule has 108 valence electrons.